The molecule has 0 spiro atoms. The van der Waals surface area contributed by atoms with Crippen molar-refractivity contribution in [3.8, 4) is 0 Å². The van der Waals surface area contributed by atoms with E-state index in [0.29, 0.717) is 9.23 Å². The maximum absolute atomic E-state index is 13.1. The molecule has 3 aromatic rings. The molecular weight excluding hydrogens is 360 g/mol. The van der Waals surface area contributed by atoms with Crippen molar-refractivity contribution >= 4 is 56.9 Å². The van der Waals surface area contributed by atoms with Crippen molar-refractivity contribution in [3.63, 3.8) is 0 Å². The van der Waals surface area contributed by atoms with Gasteiger partial charge in [-0.2, -0.15) is 0 Å². The van der Waals surface area contributed by atoms with E-state index in [9.17, 15) is 4.79 Å². The summed E-state index contributed by atoms with van der Waals surface area (Å²) < 4.78 is 2.65. The molecule has 0 saturated carbocycles. The average Bonchev–Trinajstić information content (AvgIpc) is 3.08. The summed E-state index contributed by atoms with van der Waals surface area (Å²) in [5.41, 5.74) is 5.19. The number of rotatable bonds is 2. The van der Waals surface area contributed by atoms with Gasteiger partial charge < -0.3 is 4.57 Å². The molecule has 130 valence electrons. The molecule has 2 aromatic carbocycles. The quantitative estimate of drug-likeness (QED) is 0.453. The Morgan fingerprint density at radius 2 is 1.88 bits per heavy atom. The minimum Gasteiger partial charge on any atom is -0.350 e. The van der Waals surface area contributed by atoms with Crippen LogP contribution in [0.4, 0.5) is 5.69 Å². The molecule has 1 amide bonds. The number of fused-ring (bicyclic) bond motifs is 1. The second-order valence-corrected chi connectivity index (χ2v) is 8.20. The second kappa shape index (κ2) is 6.41. The van der Waals surface area contributed by atoms with Crippen LogP contribution < -0.4 is 4.90 Å². The highest BCUT2D eigenvalue weighted by Crippen LogP contribution is 2.38. The van der Waals surface area contributed by atoms with Gasteiger partial charge in [-0.15, -0.1) is 0 Å². The number of aromatic nitrogens is 1. The van der Waals surface area contributed by atoms with Gasteiger partial charge in [-0.25, -0.2) is 0 Å². The number of nitrogens with zero attached hydrogens (tertiary/aromatic N) is 2. The van der Waals surface area contributed by atoms with Gasteiger partial charge in [-0.3, -0.25) is 9.69 Å². The summed E-state index contributed by atoms with van der Waals surface area (Å²) >= 11 is 6.88. The number of hydrogen-bond acceptors (Lipinski definition) is 3. The summed E-state index contributed by atoms with van der Waals surface area (Å²) in [5.74, 6) is -0.0540. The third-order valence-corrected chi connectivity index (χ3v) is 5.92. The predicted molar refractivity (Wildman–Crippen MR) is 114 cm³/mol. The Hall–Kier alpha value is -2.37. The van der Waals surface area contributed by atoms with Crippen molar-refractivity contribution in [2.24, 2.45) is 7.05 Å². The smallest absolute Gasteiger partial charge is 0.270 e. The first-order chi connectivity index (χ1) is 12.5. The van der Waals surface area contributed by atoms with Crippen LogP contribution in [0.1, 0.15) is 16.7 Å². The van der Waals surface area contributed by atoms with Gasteiger partial charge in [0, 0.05) is 29.7 Å². The number of carbonyl (C=O) groups is 1. The molecule has 0 unspecified atom stereocenters. The van der Waals surface area contributed by atoms with E-state index in [4.69, 9.17) is 12.2 Å². The van der Waals surface area contributed by atoms with Gasteiger partial charge >= 0.3 is 0 Å². The lowest BCUT2D eigenvalue weighted by molar-refractivity contribution is -0.113. The Morgan fingerprint density at radius 1 is 1.12 bits per heavy atom. The minimum atomic E-state index is -0.0540. The van der Waals surface area contributed by atoms with Crippen LogP contribution in [0.25, 0.3) is 17.0 Å². The molecule has 3 nitrogen and oxygen atoms in total. The third-order valence-electron chi connectivity index (χ3n) is 4.61. The molecule has 1 aliphatic heterocycles. The molecule has 5 heteroatoms. The SMILES string of the molecule is Cc1ccc(C)c(N2C(=O)/C(=C/c3cn(C)c4ccccc34)SC2=S)c1. The molecule has 2 heterocycles. The summed E-state index contributed by atoms with van der Waals surface area (Å²) in [6.45, 7) is 4.02. The number of anilines is 1. The highest BCUT2D eigenvalue weighted by atomic mass is 32.2. The zero-order chi connectivity index (χ0) is 18.4. The van der Waals surface area contributed by atoms with Crippen LogP contribution in [0.15, 0.2) is 53.6 Å². The van der Waals surface area contributed by atoms with E-state index in [0.717, 1.165) is 33.3 Å². The molecule has 0 aliphatic carbocycles. The molecule has 1 saturated heterocycles. The molecule has 1 fully saturated rings. The Labute approximate surface area is 162 Å². The Kier molecular flexibility index (Phi) is 4.21. The number of benzene rings is 2. The molecule has 0 atom stereocenters. The van der Waals surface area contributed by atoms with Crippen LogP contribution in [0.3, 0.4) is 0 Å². The fourth-order valence-corrected chi connectivity index (χ4v) is 4.54. The lowest BCUT2D eigenvalue weighted by Crippen LogP contribution is -2.28. The fraction of sp³-hybridized carbons (Fsp3) is 0.143. The number of thiocarbonyl (C=S) groups is 1. The molecule has 0 bridgehead atoms. The van der Waals surface area contributed by atoms with Crippen LogP contribution >= 0.6 is 24.0 Å². The Bertz CT molecular complexity index is 1090. The molecule has 1 aliphatic rings. The van der Waals surface area contributed by atoms with Crippen LogP contribution in [-0.2, 0) is 11.8 Å². The minimum absolute atomic E-state index is 0.0540. The van der Waals surface area contributed by atoms with Gasteiger partial charge in [-0.05, 0) is 43.2 Å². The van der Waals surface area contributed by atoms with E-state index < -0.39 is 0 Å². The maximum atomic E-state index is 13.1. The lowest BCUT2D eigenvalue weighted by Gasteiger charge is -2.17. The predicted octanol–water partition coefficient (Wildman–Crippen LogP) is 5.20. The number of hydrogen-bond donors (Lipinski definition) is 0. The van der Waals surface area contributed by atoms with Crippen LogP contribution in [-0.4, -0.2) is 14.8 Å². The van der Waals surface area contributed by atoms with Crippen LogP contribution in [0.2, 0.25) is 0 Å². The molecule has 4 rings (SSSR count). The van der Waals surface area contributed by atoms with Crippen molar-refractivity contribution in [3.05, 3.63) is 70.3 Å². The van der Waals surface area contributed by atoms with Gasteiger partial charge in [0.2, 0.25) is 0 Å². The number of thioether (sulfide) groups is 1. The topological polar surface area (TPSA) is 25.2 Å². The number of carbonyl (C=O) groups excluding carboxylic acids is 1. The van der Waals surface area contributed by atoms with Crippen LogP contribution in [0.5, 0.6) is 0 Å². The lowest BCUT2D eigenvalue weighted by atomic mass is 10.1. The van der Waals surface area contributed by atoms with Crippen molar-refractivity contribution in [1.29, 1.82) is 0 Å². The van der Waals surface area contributed by atoms with E-state index in [1.165, 1.54) is 11.8 Å². The van der Waals surface area contributed by atoms with Gasteiger partial charge in [0.05, 0.1) is 10.6 Å². The average molecular weight is 379 g/mol. The summed E-state index contributed by atoms with van der Waals surface area (Å²) in [6.07, 6.45) is 4.00. The standard InChI is InChI=1S/C21H18N2OS2/c1-13-8-9-14(2)18(10-13)23-20(24)19(26-21(23)25)11-15-12-22(3)17-7-5-4-6-16(15)17/h4-12H,1-3H3/b19-11-. The van der Waals surface area contributed by atoms with Gasteiger partial charge in [0.25, 0.3) is 5.91 Å². The number of para-hydroxylation sites is 1. The third kappa shape index (κ3) is 2.77. The van der Waals surface area contributed by atoms with Gasteiger partial charge in [-0.1, -0.05) is 54.3 Å². The fourth-order valence-electron chi connectivity index (χ4n) is 3.27. The van der Waals surface area contributed by atoms with E-state index in [1.54, 1.807) is 4.90 Å². The Balaban J connectivity index is 1.77. The number of aryl methyl sites for hydroxylation is 3. The summed E-state index contributed by atoms with van der Waals surface area (Å²) in [4.78, 5) is 15.4. The summed E-state index contributed by atoms with van der Waals surface area (Å²) in [5, 5.41) is 1.13. The normalized spacial score (nSPS) is 16.3. The van der Waals surface area contributed by atoms with E-state index >= 15 is 0 Å². The monoisotopic (exact) mass is 378 g/mol. The van der Waals surface area contributed by atoms with Crippen molar-refractivity contribution < 1.29 is 4.79 Å². The molecular formula is C21H18N2OS2. The zero-order valence-electron chi connectivity index (χ0n) is 14.8. The summed E-state index contributed by atoms with van der Waals surface area (Å²) in [6, 6.07) is 14.3. The highest BCUT2D eigenvalue weighted by molar-refractivity contribution is 8.27. The number of amides is 1. The van der Waals surface area contributed by atoms with E-state index in [1.807, 2.05) is 57.3 Å². The van der Waals surface area contributed by atoms with Crippen LogP contribution in [0, 0.1) is 13.8 Å². The van der Waals surface area contributed by atoms with Crippen molar-refractivity contribution in [2.75, 3.05) is 4.90 Å². The van der Waals surface area contributed by atoms with E-state index in [2.05, 4.69) is 22.9 Å². The molecule has 1 aromatic heterocycles. The second-order valence-electron chi connectivity index (χ2n) is 6.52. The van der Waals surface area contributed by atoms with Crippen molar-refractivity contribution in [1.82, 2.24) is 4.57 Å². The summed E-state index contributed by atoms with van der Waals surface area (Å²) in [7, 11) is 2.01. The van der Waals surface area contributed by atoms with Crippen molar-refractivity contribution in [2.45, 2.75) is 13.8 Å². The molecule has 0 radical (unpaired) electrons. The first-order valence-electron chi connectivity index (χ1n) is 8.35. The van der Waals surface area contributed by atoms with Gasteiger partial charge in [0.1, 0.15) is 0 Å². The molecule has 0 N–H and O–H groups in total. The Morgan fingerprint density at radius 3 is 2.69 bits per heavy atom. The van der Waals surface area contributed by atoms with E-state index in [-0.39, 0.29) is 5.91 Å². The zero-order valence-corrected chi connectivity index (χ0v) is 16.4. The largest absolute Gasteiger partial charge is 0.350 e. The maximum Gasteiger partial charge on any atom is 0.270 e. The molecule has 26 heavy (non-hydrogen) atoms. The first kappa shape index (κ1) is 17.1. The first-order valence-corrected chi connectivity index (χ1v) is 9.57. The van der Waals surface area contributed by atoms with Gasteiger partial charge in [0.15, 0.2) is 4.32 Å². The highest BCUT2D eigenvalue weighted by Gasteiger charge is 2.34.